The second-order valence-corrected chi connectivity index (χ2v) is 11.7. The van der Waals surface area contributed by atoms with Crippen molar-refractivity contribution in [2.75, 3.05) is 50.8 Å². The van der Waals surface area contributed by atoms with Gasteiger partial charge >= 0.3 is 0 Å². The number of thiol groups is 2. The molecule has 1 aromatic heterocycles. The highest BCUT2D eigenvalue weighted by Gasteiger charge is 2.20. The fourth-order valence-corrected chi connectivity index (χ4v) is 5.26. The summed E-state index contributed by atoms with van der Waals surface area (Å²) < 4.78 is 35.1. The lowest BCUT2D eigenvalue weighted by molar-refractivity contribution is 0.0979. The fourth-order valence-electron chi connectivity index (χ4n) is 4.30. The molecule has 0 aliphatic carbocycles. The van der Waals surface area contributed by atoms with Crippen LogP contribution in [0.25, 0.3) is 22.4 Å². The second kappa shape index (κ2) is 17.1. The van der Waals surface area contributed by atoms with Gasteiger partial charge in [-0.25, -0.2) is 13.6 Å². The zero-order valence-electron chi connectivity index (χ0n) is 22.3. The maximum absolute atomic E-state index is 11.7. The van der Waals surface area contributed by atoms with Crippen LogP contribution in [-0.2, 0) is 21.4 Å². The van der Waals surface area contributed by atoms with Crippen molar-refractivity contribution in [1.82, 2.24) is 15.4 Å². The number of ether oxygens (including phenoxy) is 1. The minimum absolute atomic E-state index is 0.0562. The minimum Gasteiger partial charge on any atom is -0.373 e. The van der Waals surface area contributed by atoms with E-state index in [1.807, 2.05) is 30.3 Å². The van der Waals surface area contributed by atoms with Crippen LogP contribution < -0.4 is 10.5 Å². The first-order valence-electron chi connectivity index (χ1n) is 13.3. The van der Waals surface area contributed by atoms with Gasteiger partial charge in [-0.2, -0.15) is 25.3 Å². The number of unbranched alkanes of at least 4 members (excludes halogenated alkanes) is 3. The summed E-state index contributed by atoms with van der Waals surface area (Å²) in [6.45, 7) is 5.94. The largest absolute Gasteiger partial charge is 0.373 e. The van der Waals surface area contributed by atoms with Crippen molar-refractivity contribution in [2.45, 2.75) is 37.2 Å². The molecule has 0 saturated carbocycles. The molecule has 0 spiro atoms. The van der Waals surface area contributed by atoms with Gasteiger partial charge in [0, 0.05) is 49.9 Å². The highest BCUT2D eigenvalue weighted by molar-refractivity contribution is 7.89. The lowest BCUT2D eigenvalue weighted by atomic mass is 9.99. The summed E-state index contributed by atoms with van der Waals surface area (Å²) in [5.41, 5.74) is 3.16. The van der Waals surface area contributed by atoms with Gasteiger partial charge in [0.25, 0.3) is 0 Å². The van der Waals surface area contributed by atoms with Crippen LogP contribution in [0.1, 0.15) is 31.4 Å². The van der Waals surface area contributed by atoms with Gasteiger partial charge in [0.1, 0.15) is 12.3 Å². The normalized spacial score (nSPS) is 11.9. The first-order chi connectivity index (χ1) is 18.9. The van der Waals surface area contributed by atoms with Crippen LogP contribution >= 0.6 is 25.3 Å². The summed E-state index contributed by atoms with van der Waals surface area (Å²) >= 11 is 8.62. The highest BCUT2D eigenvalue weighted by atomic mass is 32.2. The minimum atomic E-state index is -3.78. The molecule has 39 heavy (non-hydrogen) atoms. The lowest BCUT2D eigenvalue weighted by Gasteiger charge is -2.21. The summed E-state index contributed by atoms with van der Waals surface area (Å²) in [6, 6.07) is 16.2. The van der Waals surface area contributed by atoms with E-state index in [9.17, 15) is 8.42 Å². The Morgan fingerprint density at radius 2 is 1.62 bits per heavy atom. The molecule has 214 valence electrons. The number of nitrogens with two attached hydrogens (primary N) is 1. The zero-order valence-corrected chi connectivity index (χ0v) is 24.9. The van der Waals surface area contributed by atoms with Crippen LogP contribution in [0.15, 0.2) is 64.0 Å². The number of rotatable bonds is 19. The molecule has 3 aromatic rings. The van der Waals surface area contributed by atoms with E-state index in [0.717, 1.165) is 86.6 Å². The van der Waals surface area contributed by atoms with Crippen LogP contribution in [0.3, 0.4) is 0 Å². The van der Waals surface area contributed by atoms with Crippen LogP contribution in [-0.4, -0.2) is 69.3 Å². The number of nitrogens with one attached hydrogen (secondary N) is 1. The van der Waals surface area contributed by atoms with Gasteiger partial charge in [-0.1, -0.05) is 60.5 Å². The third-order valence-electron chi connectivity index (χ3n) is 6.34. The van der Waals surface area contributed by atoms with Crippen LogP contribution in [0.2, 0.25) is 0 Å². The number of benzene rings is 2. The number of aromatic nitrogens is 1. The molecule has 0 unspecified atom stereocenters. The van der Waals surface area contributed by atoms with Crippen LogP contribution in [0, 0.1) is 0 Å². The lowest BCUT2D eigenvalue weighted by Crippen LogP contribution is -2.34. The molecule has 3 rings (SSSR count). The van der Waals surface area contributed by atoms with E-state index in [-0.39, 0.29) is 11.5 Å². The Kier molecular flexibility index (Phi) is 13.9. The number of sulfonamides is 1. The Morgan fingerprint density at radius 3 is 2.31 bits per heavy atom. The molecule has 0 aliphatic heterocycles. The summed E-state index contributed by atoms with van der Waals surface area (Å²) in [4.78, 5) is 2.51. The molecule has 2 aromatic carbocycles. The van der Waals surface area contributed by atoms with Gasteiger partial charge in [0.05, 0.1) is 10.5 Å². The van der Waals surface area contributed by atoms with E-state index in [1.165, 1.54) is 12.1 Å². The molecule has 0 fully saturated rings. The van der Waals surface area contributed by atoms with E-state index in [4.69, 9.17) is 14.4 Å². The molecule has 0 atom stereocenters. The topological polar surface area (TPSA) is 111 Å². The molecular formula is C28H40N4O4S3. The van der Waals surface area contributed by atoms with Gasteiger partial charge in [0.15, 0.2) is 5.76 Å². The third kappa shape index (κ3) is 10.6. The van der Waals surface area contributed by atoms with Gasteiger partial charge in [-0.15, -0.1) is 0 Å². The molecule has 0 aliphatic rings. The Bertz CT molecular complexity index is 1210. The van der Waals surface area contributed by atoms with E-state index in [2.05, 4.69) is 40.6 Å². The summed E-state index contributed by atoms with van der Waals surface area (Å²) in [5, 5.41) is 13.0. The van der Waals surface area contributed by atoms with Crippen molar-refractivity contribution in [1.29, 1.82) is 0 Å². The monoisotopic (exact) mass is 592 g/mol. The fraction of sp³-hybridized carbons (Fsp3) is 0.464. The SMILES string of the molecule is NS(=O)(=O)c1ccc(-c2c(-c3ccccc3)noc2COCCCCCCN(CCS)CCNCCS)cc1. The predicted molar refractivity (Wildman–Crippen MR) is 164 cm³/mol. The number of nitrogens with zero attached hydrogens (tertiary/aromatic N) is 2. The number of hydrogen-bond acceptors (Lipinski definition) is 9. The molecule has 8 nitrogen and oxygen atoms in total. The van der Waals surface area contributed by atoms with Crippen LogP contribution in [0.5, 0.6) is 0 Å². The molecule has 1 heterocycles. The van der Waals surface area contributed by atoms with Crippen molar-refractivity contribution in [3.05, 3.63) is 60.4 Å². The maximum atomic E-state index is 11.7. The van der Waals surface area contributed by atoms with Gasteiger partial charge in [-0.3, -0.25) is 0 Å². The molecule has 3 N–H and O–H groups in total. The van der Waals surface area contributed by atoms with E-state index in [1.54, 1.807) is 12.1 Å². The Balaban J connectivity index is 1.51. The quantitative estimate of drug-likeness (QED) is 0.120. The average molecular weight is 593 g/mol. The molecule has 0 amide bonds. The first kappa shape index (κ1) is 31.7. The number of hydrogen-bond donors (Lipinski definition) is 4. The van der Waals surface area contributed by atoms with E-state index < -0.39 is 10.0 Å². The number of primary sulfonamides is 1. The Hall–Kier alpha value is -1.86. The van der Waals surface area contributed by atoms with Crippen molar-refractivity contribution < 1.29 is 17.7 Å². The maximum Gasteiger partial charge on any atom is 0.238 e. The van der Waals surface area contributed by atoms with Gasteiger partial charge in [0.2, 0.25) is 10.0 Å². The van der Waals surface area contributed by atoms with E-state index >= 15 is 0 Å². The Labute approximate surface area is 243 Å². The molecule has 0 radical (unpaired) electrons. The standard InChI is InChI=1S/C28H40N4O4S3/c29-39(33,34)25-12-10-23(11-13-25)27-26(36-31-28(27)24-8-4-3-5-9-24)22-35-19-7-2-1-6-16-32(18-21-38)17-14-30-15-20-37/h3-5,8-13,30,37-38H,1-2,6-7,14-22H2,(H2,29,33,34). The first-order valence-corrected chi connectivity index (χ1v) is 16.1. The van der Waals surface area contributed by atoms with Gasteiger partial charge in [-0.05, 0) is 37.1 Å². The molecular weight excluding hydrogens is 553 g/mol. The van der Waals surface area contributed by atoms with Crippen molar-refractivity contribution in [3.63, 3.8) is 0 Å². The third-order valence-corrected chi connectivity index (χ3v) is 7.69. The zero-order chi connectivity index (χ0) is 27.9. The smallest absolute Gasteiger partial charge is 0.238 e. The summed E-state index contributed by atoms with van der Waals surface area (Å²) in [7, 11) is -3.78. The van der Waals surface area contributed by atoms with Gasteiger partial charge < -0.3 is 19.5 Å². The summed E-state index contributed by atoms with van der Waals surface area (Å²) in [6.07, 6.45) is 4.37. The van der Waals surface area contributed by atoms with E-state index in [0.29, 0.717) is 18.1 Å². The average Bonchev–Trinajstić information content (AvgIpc) is 3.36. The Morgan fingerprint density at radius 1 is 0.872 bits per heavy atom. The highest BCUT2D eigenvalue weighted by Crippen LogP contribution is 2.35. The summed E-state index contributed by atoms with van der Waals surface area (Å²) in [5.74, 6) is 2.33. The molecule has 11 heteroatoms. The van der Waals surface area contributed by atoms with Crippen molar-refractivity contribution >= 4 is 35.3 Å². The molecule has 0 saturated heterocycles. The van der Waals surface area contributed by atoms with Crippen molar-refractivity contribution in [3.8, 4) is 22.4 Å². The molecule has 0 bridgehead atoms. The van der Waals surface area contributed by atoms with Crippen molar-refractivity contribution in [2.24, 2.45) is 5.14 Å². The van der Waals surface area contributed by atoms with Crippen LogP contribution in [0.4, 0.5) is 0 Å². The predicted octanol–water partition coefficient (Wildman–Crippen LogP) is 4.48. The second-order valence-electron chi connectivity index (χ2n) is 9.27.